The second-order valence-electron chi connectivity index (χ2n) is 1.46. The molecule has 0 aliphatic heterocycles. The van der Waals surface area contributed by atoms with E-state index in [-0.39, 0.29) is 12.6 Å². The zero-order valence-corrected chi connectivity index (χ0v) is 4.24. The van der Waals surface area contributed by atoms with Crippen LogP contribution in [0.4, 0.5) is 4.39 Å². The Morgan fingerprint density at radius 3 is 2.33 bits per heavy atom. The van der Waals surface area contributed by atoms with Crippen molar-refractivity contribution in [3.63, 3.8) is 0 Å². The fourth-order valence-electron chi connectivity index (χ4n) is 0.0891. The van der Waals surface area contributed by atoms with E-state index in [0.717, 1.165) is 0 Å². The molecule has 0 aromatic heterocycles. The molecule has 1 heteroatoms. The topological polar surface area (TPSA) is 0 Å². The van der Waals surface area contributed by atoms with Gasteiger partial charge in [0.25, 0.3) is 0 Å². The van der Waals surface area contributed by atoms with Crippen LogP contribution in [0.3, 0.4) is 0 Å². The third-order valence-corrected chi connectivity index (χ3v) is 0.812. The molecule has 0 aliphatic carbocycles. The molecule has 0 saturated carbocycles. The highest BCUT2D eigenvalue weighted by Gasteiger charge is 1.92. The Labute approximate surface area is 38.4 Å². The molecule has 0 spiro atoms. The molecule has 0 unspecified atom stereocenters. The zero-order chi connectivity index (χ0) is 4.99. The highest BCUT2D eigenvalue weighted by molar-refractivity contribution is 4.63. The van der Waals surface area contributed by atoms with E-state index >= 15 is 0 Å². The number of rotatable bonds is 2. The van der Waals surface area contributed by atoms with Crippen LogP contribution in [-0.2, 0) is 0 Å². The summed E-state index contributed by atoms with van der Waals surface area (Å²) in [6, 6.07) is 0. The van der Waals surface area contributed by atoms with Crippen LogP contribution in [0.2, 0.25) is 0 Å². The molecular formula is C5H10F. The number of hydrogen-bond acceptors (Lipinski definition) is 0. The van der Waals surface area contributed by atoms with Gasteiger partial charge in [-0.1, -0.05) is 13.8 Å². The van der Waals surface area contributed by atoms with Gasteiger partial charge in [-0.25, -0.2) is 0 Å². The van der Waals surface area contributed by atoms with E-state index in [0.29, 0.717) is 0 Å². The van der Waals surface area contributed by atoms with Crippen LogP contribution in [0.5, 0.6) is 0 Å². The summed E-state index contributed by atoms with van der Waals surface area (Å²) in [5.41, 5.74) is 0. The summed E-state index contributed by atoms with van der Waals surface area (Å²) in [5, 5.41) is 0. The second kappa shape index (κ2) is 3.13. The van der Waals surface area contributed by atoms with Crippen LogP contribution >= 0.6 is 0 Å². The quantitative estimate of drug-likeness (QED) is 0.484. The average molecular weight is 89.1 g/mol. The summed E-state index contributed by atoms with van der Waals surface area (Å²) >= 11 is 0. The molecule has 0 rings (SSSR count). The maximum atomic E-state index is 11.4. The van der Waals surface area contributed by atoms with Crippen LogP contribution in [0, 0.1) is 12.3 Å². The van der Waals surface area contributed by atoms with Crippen molar-refractivity contribution in [2.24, 2.45) is 5.92 Å². The normalized spacial score (nSPS) is 14.5. The van der Waals surface area contributed by atoms with Crippen molar-refractivity contribution >= 4 is 0 Å². The molecule has 0 aliphatic rings. The van der Waals surface area contributed by atoms with Crippen molar-refractivity contribution in [2.75, 3.05) is 6.67 Å². The molecule has 0 aromatic carbocycles. The van der Waals surface area contributed by atoms with Crippen LogP contribution < -0.4 is 0 Å². The van der Waals surface area contributed by atoms with E-state index in [1.54, 1.807) is 0 Å². The van der Waals surface area contributed by atoms with Gasteiger partial charge in [0.05, 0.1) is 6.67 Å². The molecule has 0 amide bonds. The summed E-state index contributed by atoms with van der Waals surface area (Å²) in [4.78, 5) is 0. The number of alkyl halides is 1. The van der Waals surface area contributed by atoms with Gasteiger partial charge in [0.15, 0.2) is 0 Å². The summed E-state index contributed by atoms with van der Waals surface area (Å²) in [5.74, 6) is 0.144. The highest BCUT2D eigenvalue weighted by Crippen LogP contribution is 1.96. The molecule has 37 valence electrons. The molecule has 1 atom stereocenters. The predicted molar refractivity (Wildman–Crippen MR) is 25.1 cm³/mol. The van der Waals surface area contributed by atoms with Gasteiger partial charge in [-0.2, -0.15) is 0 Å². The van der Waals surface area contributed by atoms with Crippen molar-refractivity contribution in [2.45, 2.75) is 13.8 Å². The smallest absolute Gasteiger partial charge is 0.0922 e. The van der Waals surface area contributed by atoms with Crippen molar-refractivity contribution < 1.29 is 4.39 Å². The van der Waals surface area contributed by atoms with Crippen molar-refractivity contribution in [1.82, 2.24) is 0 Å². The lowest BCUT2D eigenvalue weighted by molar-refractivity contribution is 0.415. The molecule has 0 aromatic rings. The van der Waals surface area contributed by atoms with Crippen LogP contribution in [0.1, 0.15) is 13.8 Å². The lowest BCUT2D eigenvalue weighted by Gasteiger charge is -1.95. The molecule has 0 N–H and O–H groups in total. The van der Waals surface area contributed by atoms with Gasteiger partial charge in [0, 0.05) is 0 Å². The van der Waals surface area contributed by atoms with Crippen LogP contribution in [0.15, 0.2) is 0 Å². The van der Waals surface area contributed by atoms with Gasteiger partial charge in [-0.3, -0.25) is 4.39 Å². The van der Waals surface area contributed by atoms with Crippen molar-refractivity contribution in [3.8, 4) is 0 Å². The molecule has 1 radical (unpaired) electrons. The van der Waals surface area contributed by atoms with E-state index in [2.05, 4.69) is 0 Å². The Kier molecular flexibility index (Phi) is 3.10. The van der Waals surface area contributed by atoms with Crippen molar-refractivity contribution in [3.05, 3.63) is 6.42 Å². The summed E-state index contributed by atoms with van der Waals surface area (Å²) in [6.07, 6.45) is 1.85. The minimum Gasteiger partial charge on any atom is -0.251 e. The van der Waals surface area contributed by atoms with Crippen molar-refractivity contribution in [1.29, 1.82) is 0 Å². The fraction of sp³-hybridized carbons (Fsp3) is 0.800. The van der Waals surface area contributed by atoms with Gasteiger partial charge in [-0.05, 0) is 12.3 Å². The largest absolute Gasteiger partial charge is 0.251 e. The van der Waals surface area contributed by atoms with Gasteiger partial charge in [0.1, 0.15) is 0 Å². The second-order valence-corrected chi connectivity index (χ2v) is 1.46. The fourth-order valence-corrected chi connectivity index (χ4v) is 0.0891. The first-order chi connectivity index (χ1) is 2.81. The Morgan fingerprint density at radius 2 is 2.33 bits per heavy atom. The minimum atomic E-state index is -0.226. The first kappa shape index (κ1) is 5.93. The van der Waals surface area contributed by atoms with Crippen LogP contribution in [0.25, 0.3) is 0 Å². The lowest BCUT2D eigenvalue weighted by Crippen LogP contribution is -1.92. The Morgan fingerprint density at radius 1 is 1.83 bits per heavy atom. The number of halogens is 1. The molecule has 0 fully saturated rings. The van der Waals surface area contributed by atoms with Crippen LogP contribution in [-0.4, -0.2) is 6.67 Å². The predicted octanol–water partition coefficient (Wildman–Crippen LogP) is 1.82. The third kappa shape index (κ3) is 2.18. The zero-order valence-electron chi connectivity index (χ0n) is 4.24. The molecule has 0 nitrogen and oxygen atoms in total. The SMILES string of the molecule is C[CH][C@H](C)CF. The number of hydrogen-bond donors (Lipinski definition) is 0. The standard InChI is InChI=1S/C5H10F/c1-3-5(2)4-6/h3,5H,4H2,1-2H3/t5-/m0/s1. The van der Waals surface area contributed by atoms with Gasteiger partial charge in [-0.15, -0.1) is 0 Å². The van der Waals surface area contributed by atoms with Gasteiger partial charge < -0.3 is 0 Å². The Hall–Kier alpha value is -0.0700. The highest BCUT2D eigenvalue weighted by atomic mass is 19.1. The van der Waals surface area contributed by atoms with E-state index < -0.39 is 0 Å². The maximum Gasteiger partial charge on any atom is 0.0922 e. The van der Waals surface area contributed by atoms with E-state index in [1.165, 1.54) is 0 Å². The van der Waals surface area contributed by atoms with Gasteiger partial charge >= 0.3 is 0 Å². The summed E-state index contributed by atoms with van der Waals surface area (Å²) in [6.45, 7) is 3.49. The Balaban J connectivity index is 2.75. The molecule has 0 heterocycles. The first-order valence-electron chi connectivity index (χ1n) is 2.16. The maximum absolute atomic E-state index is 11.4. The first-order valence-corrected chi connectivity index (χ1v) is 2.16. The third-order valence-electron chi connectivity index (χ3n) is 0.812. The summed E-state index contributed by atoms with van der Waals surface area (Å²) < 4.78 is 11.4. The Bertz CT molecular complexity index is 23.1. The molecule has 6 heavy (non-hydrogen) atoms. The molecular weight excluding hydrogens is 79.1 g/mol. The molecule has 0 saturated heterocycles. The van der Waals surface area contributed by atoms with E-state index in [9.17, 15) is 4.39 Å². The average Bonchev–Trinajstić information content (AvgIpc) is 1.65. The monoisotopic (exact) mass is 89.1 g/mol. The summed E-state index contributed by atoms with van der Waals surface area (Å²) in [7, 11) is 0. The minimum absolute atomic E-state index is 0.144. The molecule has 0 bridgehead atoms. The lowest BCUT2D eigenvalue weighted by atomic mass is 10.1. The van der Waals surface area contributed by atoms with E-state index in [1.807, 2.05) is 20.3 Å². The van der Waals surface area contributed by atoms with E-state index in [4.69, 9.17) is 0 Å². The van der Waals surface area contributed by atoms with Gasteiger partial charge in [0.2, 0.25) is 0 Å².